The van der Waals surface area contributed by atoms with Gasteiger partial charge in [0.25, 0.3) is 0 Å². The fourth-order valence-corrected chi connectivity index (χ4v) is 3.93. The Labute approximate surface area is 171 Å². The van der Waals surface area contributed by atoms with E-state index in [-0.39, 0.29) is 11.8 Å². The number of amides is 1. The second kappa shape index (κ2) is 7.11. The van der Waals surface area contributed by atoms with Gasteiger partial charge in [0, 0.05) is 23.5 Å². The molecular weight excluding hydrogens is 382 g/mol. The maximum Gasteiger partial charge on any atom is 0.226 e. The molecule has 4 aromatic rings. The molecular formula is C21H19N7O2. The highest BCUT2D eigenvalue weighted by Gasteiger charge is 2.34. The molecule has 0 saturated heterocycles. The molecule has 30 heavy (non-hydrogen) atoms. The Morgan fingerprint density at radius 2 is 2.17 bits per heavy atom. The first kappa shape index (κ1) is 18.0. The number of fused-ring (bicyclic) bond motifs is 2. The Morgan fingerprint density at radius 3 is 3.03 bits per heavy atom. The zero-order valence-electron chi connectivity index (χ0n) is 16.3. The van der Waals surface area contributed by atoms with Gasteiger partial charge in [0.2, 0.25) is 5.91 Å². The SMILES string of the molecule is C=CCOc1ccccc1[C@@H]1CC(=O)Nc2c1c(C)nn2-c1ncnc2nc[nH]c12. The summed E-state index contributed by atoms with van der Waals surface area (Å²) in [5, 5.41) is 7.68. The van der Waals surface area contributed by atoms with E-state index in [0.717, 1.165) is 22.6 Å². The molecule has 2 N–H and O–H groups in total. The van der Waals surface area contributed by atoms with Gasteiger partial charge < -0.3 is 15.0 Å². The number of imidazole rings is 1. The number of carbonyl (C=O) groups excluding carboxylic acids is 1. The fourth-order valence-electron chi connectivity index (χ4n) is 3.93. The van der Waals surface area contributed by atoms with Gasteiger partial charge in [-0.2, -0.15) is 9.78 Å². The molecule has 4 heterocycles. The Bertz CT molecular complexity index is 1270. The zero-order chi connectivity index (χ0) is 20.7. The Balaban J connectivity index is 1.68. The summed E-state index contributed by atoms with van der Waals surface area (Å²) in [5.74, 6) is 1.57. The van der Waals surface area contributed by atoms with Gasteiger partial charge in [-0.05, 0) is 13.0 Å². The molecule has 0 aliphatic carbocycles. The van der Waals surface area contributed by atoms with E-state index in [4.69, 9.17) is 9.84 Å². The van der Waals surface area contributed by atoms with Gasteiger partial charge in [-0.3, -0.25) is 4.79 Å². The van der Waals surface area contributed by atoms with E-state index in [1.54, 1.807) is 17.1 Å². The number of rotatable bonds is 5. The number of anilines is 1. The van der Waals surface area contributed by atoms with Crippen LogP contribution in [0.5, 0.6) is 5.75 Å². The summed E-state index contributed by atoms with van der Waals surface area (Å²) in [6.45, 7) is 6.03. The third-order valence-corrected chi connectivity index (χ3v) is 5.16. The minimum absolute atomic E-state index is 0.0953. The summed E-state index contributed by atoms with van der Waals surface area (Å²) < 4.78 is 7.50. The van der Waals surface area contributed by atoms with Crippen molar-refractivity contribution in [2.45, 2.75) is 19.3 Å². The van der Waals surface area contributed by atoms with E-state index in [0.29, 0.717) is 35.8 Å². The van der Waals surface area contributed by atoms with Crippen LogP contribution in [0, 0.1) is 6.92 Å². The third-order valence-electron chi connectivity index (χ3n) is 5.16. The van der Waals surface area contributed by atoms with Gasteiger partial charge in [0.1, 0.15) is 30.0 Å². The number of nitrogens with zero attached hydrogens (tertiary/aromatic N) is 5. The topological polar surface area (TPSA) is 111 Å². The molecule has 9 nitrogen and oxygen atoms in total. The van der Waals surface area contributed by atoms with Crippen LogP contribution in [-0.2, 0) is 4.79 Å². The molecule has 0 unspecified atom stereocenters. The lowest BCUT2D eigenvalue weighted by Crippen LogP contribution is -2.25. The fraction of sp³-hybridized carbons (Fsp3) is 0.190. The second-order valence-electron chi connectivity index (χ2n) is 7.00. The van der Waals surface area contributed by atoms with Gasteiger partial charge in [0.05, 0.1) is 12.0 Å². The minimum atomic E-state index is -0.192. The lowest BCUT2D eigenvalue weighted by Gasteiger charge is -2.25. The molecule has 1 aliphatic rings. The van der Waals surface area contributed by atoms with Crippen LogP contribution in [0.25, 0.3) is 17.0 Å². The first-order valence-corrected chi connectivity index (χ1v) is 9.53. The number of nitrogens with one attached hydrogen (secondary N) is 2. The van der Waals surface area contributed by atoms with Gasteiger partial charge in [-0.15, -0.1) is 0 Å². The Kier molecular flexibility index (Phi) is 4.27. The molecule has 1 aliphatic heterocycles. The number of ether oxygens (including phenoxy) is 1. The minimum Gasteiger partial charge on any atom is -0.489 e. The molecule has 5 rings (SSSR count). The monoisotopic (exact) mass is 401 g/mol. The number of hydrogen-bond donors (Lipinski definition) is 2. The average molecular weight is 401 g/mol. The molecule has 0 saturated carbocycles. The highest BCUT2D eigenvalue weighted by molar-refractivity contribution is 5.95. The van der Waals surface area contributed by atoms with Crippen molar-refractivity contribution >= 4 is 22.9 Å². The maximum absolute atomic E-state index is 12.7. The predicted molar refractivity (Wildman–Crippen MR) is 111 cm³/mol. The average Bonchev–Trinajstić information content (AvgIpc) is 3.36. The molecule has 0 spiro atoms. The summed E-state index contributed by atoms with van der Waals surface area (Å²) in [4.78, 5) is 28.5. The molecule has 0 radical (unpaired) electrons. The molecule has 1 aromatic carbocycles. The van der Waals surface area contributed by atoms with E-state index in [9.17, 15) is 4.79 Å². The van der Waals surface area contributed by atoms with Crippen molar-refractivity contribution in [3.05, 3.63) is 66.4 Å². The van der Waals surface area contributed by atoms with Crippen LogP contribution in [0.1, 0.15) is 29.2 Å². The quantitative estimate of drug-likeness (QED) is 0.498. The number of aryl methyl sites for hydroxylation is 1. The third kappa shape index (κ3) is 2.83. The number of aromatic amines is 1. The van der Waals surface area contributed by atoms with E-state index in [1.165, 1.54) is 6.33 Å². The van der Waals surface area contributed by atoms with E-state index in [1.807, 2.05) is 31.2 Å². The van der Waals surface area contributed by atoms with Crippen molar-refractivity contribution in [3.8, 4) is 11.6 Å². The summed E-state index contributed by atoms with van der Waals surface area (Å²) in [6, 6.07) is 7.75. The number of benzene rings is 1. The van der Waals surface area contributed by atoms with Crippen LogP contribution >= 0.6 is 0 Å². The van der Waals surface area contributed by atoms with Crippen LogP contribution in [0.3, 0.4) is 0 Å². The predicted octanol–water partition coefficient (Wildman–Crippen LogP) is 2.89. The highest BCUT2D eigenvalue weighted by atomic mass is 16.5. The molecule has 3 aromatic heterocycles. The molecule has 9 heteroatoms. The zero-order valence-corrected chi connectivity index (χ0v) is 16.3. The van der Waals surface area contributed by atoms with Crippen molar-refractivity contribution in [2.24, 2.45) is 0 Å². The highest BCUT2D eigenvalue weighted by Crippen LogP contribution is 2.43. The van der Waals surface area contributed by atoms with Gasteiger partial charge in [0.15, 0.2) is 11.5 Å². The summed E-state index contributed by atoms with van der Waals surface area (Å²) in [6.07, 6.45) is 4.99. The number of H-pyrrole nitrogens is 1. The van der Waals surface area contributed by atoms with Crippen molar-refractivity contribution in [2.75, 3.05) is 11.9 Å². The molecule has 1 atom stereocenters. The Morgan fingerprint density at radius 1 is 1.30 bits per heavy atom. The van der Waals surface area contributed by atoms with Crippen molar-refractivity contribution in [3.63, 3.8) is 0 Å². The second-order valence-corrected chi connectivity index (χ2v) is 7.00. The first-order chi connectivity index (χ1) is 14.7. The maximum atomic E-state index is 12.7. The summed E-state index contributed by atoms with van der Waals surface area (Å²) in [7, 11) is 0. The van der Waals surface area contributed by atoms with E-state index < -0.39 is 0 Å². The summed E-state index contributed by atoms with van der Waals surface area (Å²) >= 11 is 0. The number of hydrogen-bond acceptors (Lipinski definition) is 6. The van der Waals surface area contributed by atoms with Crippen molar-refractivity contribution < 1.29 is 9.53 Å². The Hall–Kier alpha value is -4.01. The van der Waals surface area contributed by atoms with Gasteiger partial charge in [-0.1, -0.05) is 30.9 Å². The summed E-state index contributed by atoms with van der Waals surface area (Å²) in [5.41, 5.74) is 3.86. The normalized spacial score (nSPS) is 15.6. The first-order valence-electron chi connectivity index (χ1n) is 9.53. The van der Waals surface area contributed by atoms with Crippen LogP contribution in [0.2, 0.25) is 0 Å². The van der Waals surface area contributed by atoms with Crippen molar-refractivity contribution in [1.82, 2.24) is 29.7 Å². The van der Waals surface area contributed by atoms with Crippen LogP contribution in [0.4, 0.5) is 5.82 Å². The lowest BCUT2D eigenvalue weighted by molar-refractivity contribution is -0.116. The molecule has 150 valence electrons. The lowest BCUT2D eigenvalue weighted by atomic mass is 9.85. The smallest absolute Gasteiger partial charge is 0.226 e. The van der Waals surface area contributed by atoms with Gasteiger partial charge >= 0.3 is 0 Å². The number of carbonyl (C=O) groups is 1. The molecule has 0 fully saturated rings. The number of aromatic nitrogens is 6. The van der Waals surface area contributed by atoms with Gasteiger partial charge in [-0.25, -0.2) is 15.0 Å². The van der Waals surface area contributed by atoms with Crippen LogP contribution < -0.4 is 10.1 Å². The molecule has 1 amide bonds. The van der Waals surface area contributed by atoms with E-state index >= 15 is 0 Å². The standard InChI is InChI=1S/C21H19N7O2/c1-3-8-30-15-7-5-4-6-13(15)14-9-16(29)26-20-17(14)12(2)27-28(20)21-18-19(23-10-22-18)24-11-25-21/h3-7,10-11,14H,1,8-9H2,2H3,(H,26,29)(H,22,23,24,25)/t14-/m0/s1. The molecule has 0 bridgehead atoms. The van der Waals surface area contributed by atoms with E-state index in [2.05, 4.69) is 31.8 Å². The van der Waals surface area contributed by atoms with Crippen LogP contribution in [-0.4, -0.2) is 42.2 Å². The van der Waals surface area contributed by atoms with Crippen molar-refractivity contribution in [1.29, 1.82) is 0 Å². The largest absolute Gasteiger partial charge is 0.489 e. The van der Waals surface area contributed by atoms with Crippen LogP contribution in [0.15, 0.2) is 49.6 Å². The number of para-hydroxylation sites is 1.